The van der Waals surface area contributed by atoms with E-state index in [1.165, 1.54) is 12.1 Å². The summed E-state index contributed by atoms with van der Waals surface area (Å²) in [5.41, 5.74) is 1.97. The number of nitriles is 1. The smallest absolute Gasteiger partial charge is 0.266 e. The van der Waals surface area contributed by atoms with Gasteiger partial charge in [0.1, 0.15) is 18.2 Å². The molecule has 1 N–H and O–H groups in total. The number of rotatable bonds is 7. The van der Waals surface area contributed by atoms with Crippen LogP contribution in [0.25, 0.3) is 6.08 Å². The highest BCUT2D eigenvalue weighted by atomic mass is 35.5. The average Bonchev–Trinajstić information content (AvgIpc) is 2.79. The zero-order valence-electron chi connectivity index (χ0n) is 16.6. The monoisotopic (exact) mass is 452 g/mol. The SMILES string of the molecule is COc1ccc(/C=C(/C#N)C(=O)Nc2ccc(Cl)c(Cl)c2)cc1OCc1ccccc1. The molecule has 1 amide bonds. The van der Waals surface area contributed by atoms with E-state index in [1.54, 1.807) is 37.4 Å². The van der Waals surface area contributed by atoms with Crippen LogP contribution >= 0.6 is 23.2 Å². The van der Waals surface area contributed by atoms with Crippen molar-refractivity contribution < 1.29 is 14.3 Å². The molecule has 3 rings (SSSR count). The number of nitrogens with zero attached hydrogens (tertiary/aromatic N) is 1. The fourth-order valence-electron chi connectivity index (χ4n) is 2.72. The first-order chi connectivity index (χ1) is 15.0. The van der Waals surface area contributed by atoms with Gasteiger partial charge in [0.05, 0.1) is 17.2 Å². The molecule has 0 bridgehead atoms. The van der Waals surface area contributed by atoms with Crippen LogP contribution in [-0.4, -0.2) is 13.0 Å². The quantitative estimate of drug-likeness (QED) is 0.345. The first-order valence-corrected chi connectivity index (χ1v) is 9.98. The lowest BCUT2D eigenvalue weighted by Gasteiger charge is -2.12. The Kier molecular flexibility index (Phi) is 7.55. The van der Waals surface area contributed by atoms with Crippen LogP contribution < -0.4 is 14.8 Å². The Morgan fingerprint density at radius 1 is 1.03 bits per heavy atom. The molecular formula is C24H18Cl2N2O3. The lowest BCUT2D eigenvalue weighted by molar-refractivity contribution is -0.112. The predicted molar refractivity (Wildman–Crippen MR) is 122 cm³/mol. The van der Waals surface area contributed by atoms with E-state index < -0.39 is 5.91 Å². The molecule has 0 heterocycles. The number of carbonyl (C=O) groups excluding carboxylic acids is 1. The Labute approximate surface area is 190 Å². The van der Waals surface area contributed by atoms with Gasteiger partial charge in [-0.15, -0.1) is 0 Å². The highest BCUT2D eigenvalue weighted by Crippen LogP contribution is 2.30. The molecule has 0 aliphatic heterocycles. The van der Waals surface area contributed by atoms with E-state index in [1.807, 2.05) is 36.4 Å². The van der Waals surface area contributed by atoms with E-state index in [0.29, 0.717) is 39.4 Å². The van der Waals surface area contributed by atoms with E-state index in [4.69, 9.17) is 32.7 Å². The van der Waals surface area contributed by atoms with Gasteiger partial charge in [-0.05, 0) is 47.5 Å². The number of hydrogen-bond acceptors (Lipinski definition) is 4. The summed E-state index contributed by atoms with van der Waals surface area (Å²) in [6.45, 7) is 0.354. The number of amides is 1. The zero-order chi connectivity index (χ0) is 22.2. The molecule has 156 valence electrons. The number of hydrogen-bond donors (Lipinski definition) is 1. The van der Waals surface area contributed by atoms with Crippen LogP contribution in [-0.2, 0) is 11.4 Å². The van der Waals surface area contributed by atoms with Gasteiger partial charge in [-0.3, -0.25) is 4.79 Å². The molecule has 5 nitrogen and oxygen atoms in total. The standard InChI is InChI=1S/C24H18Cl2N2O3/c1-30-22-10-7-17(12-23(22)31-15-16-5-3-2-4-6-16)11-18(14-27)24(29)28-19-8-9-20(25)21(26)13-19/h2-13H,15H2,1H3,(H,28,29)/b18-11-. The van der Waals surface area contributed by atoms with Gasteiger partial charge in [-0.1, -0.05) is 59.6 Å². The summed E-state index contributed by atoms with van der Waals surface area (Å²) >= 11 is 11.9. The van der Waals surface area contributed by atoms with Crippen LogP contribution in [0, 0.1) is 11.3 Å². The lowest BCUT2D eigenvalue weighted by atomic mass is 10.1. The third-order valence-corrected chi connectivity index (χ3v) is 5.02. The van der Waals surface area contributed by atoms with Crippen LogP contribution in [0.5, 0.6) is 11.5 Å². The van der Waals surface area contributed by atoms with Crippen molar-refractivity contribution in [2.24, 2.45) is 0 Å². The maximum absolute atomic E-state index is 12.5. The van der Waals surface area contributed by atoms with Crippen molar-refractivity contribution in [2.45, 2.75) is 6.61 Å². The molecule has 0 radical (unpaired) electrons. The van der Waals surface area contributed by atoms with Crippen LogP contribution in [0.2, 0.25) is 10.0 Å². The maximum atomic E-state index is 12.5. The summed E-state index contributed by atoms with van der Waals surface area (Å²) in [7, 11) is 1.55. The van der Waals surface area contributed by atoms with Gasteiger partial charge in [-0.25, -0.2) is 0 Å². The number of nitrogens with one attached hydrogen (secondary N) is 1. The summed E-state index contributed by atoms with van der Waals surface area (Å²) in [4.78, 5) is 12.5. The minimum absolute atomic E-state index is 0.0785. The van der Waals surface area contributed by atoms with Crippen molar-refractivity contribution in [3.63, 3.8) is 0 Å². The van der Waals surface area contributed by atoms with Gasteiger partial charge in [0.2, 0.25) is 0 Å². The van der Waals surface area contributed by atoms with E-state index in [2.05, 4.69) is 5.32 Å². The third kappa shape index (κ3) is 6.02. The lowest BCUT2D eigenvalue weighted by Crippen LogP contribution is -2.13. The second-order valence-corrected chi connectivity index (χ2v) is 7.25. The van der Waals surface area contributed by atoms with Crippen molar-refractivity contribution in [1.29, 1.82) is 5.26 Å². The molecule has 0 unspecified atom stereocenters. The molecule has 0 aliphatic carbocycles. The van der Waals surface area contributed by atoms with Crippen LogP contribution in [0.1, 0.15) is 11.1 Å². The molecule has 0 atom stereocenters. The minimum Gasteiger partial charge on any atom is -0.493 e. The molecule has 3 aromatic rings. The van der Waals surface area contributed by atoms with Gasteiger partial charge >= 0.3 is 0 Å². The number of carbonyl (C=O) groups is 1. The third-order valence-electron chi connectivity index (χ3n) is 4.28. The Bertz CT molecular complexity index is 1160. The van der Waals surface area contributed by atoms with Crippen LogP contribution in [0.15, 0.2) is 72.3 Å². The van der Waals surface area contributed by atoms with E-state index in [0.717, 1.165) is 5.56 Å². The predicted octanol–water partition coefficient (Wildman–Crippen LogP) is 6.13. The molecule has 31 heavy (non-hydrogen) atoms. The molecule has 0 aliphatic rings. The second-order valence-electron chi connectivity index (χ2n) is 6.44. The van der Waals surface area contributed by atoms with E-state index in [9.17, 15) is 10.1 Å². The van der Waals surface area contributed by atoms with E-state index in [-0.39, 0.29) is 5.57 Å². The molecule has 0 aromatic heterocycles. The Morgan fingerprint density at radius 2 is 1.81 bits per heavy atom. The highest BCUT2D eigenvalue weighted by molar-refractivity contribution is 6.42. The van der Waals surface area contributed by atoms with Crippen molar-refractivity contribution in [2.75, 3.05) is 12.4 Å². The van der Waals surface area contributed by atoms with Crippen molar-refractivity contribution >= 4 is 40.9 Å². The van der Waals surface area contributed by atoms with E-state index >= 15 is 0 Å². The van der Waals surface area contributed by atoms with Gasteiger partial charge in [0.15, 0.2) is 11.5 Å². The number of benzene rings is 3. The number of methoxy groups -OCH3 is 1. The number of ether oxygens (including phenoxy) is 2. The zero-order valence-corrected chi connectivity index (χ0v) is 18.1. The number of halogens is 2. The summed E-state index contributed by atoms with van der Waals surface area (Å²) in [5.74, 6) is 0.484. The van der Waals surface area contributed by atoms with Crippen molar-refractivity contribution in [3.05, 3.63) is 93.5 Å². The second kappa shape index (κ2) is 10.5. The fourth-order valence-corrected chi connectivity index (χ4v) is 3.02. The van der Waals surface area contributed by atoms with Gasteiger partial charge < -0.3 is 14.8 Å². The molecule has 0 saturated heterocycles. The van der Waals surface area contributed by atoms with Crippen LogP contribution in [0.3, 0.4) is 0 Å². The van der Waals surface area contributed by atoms with Gasteiger partial charge in [-0.2, -0.15) is 5.26 Å². The summed E-state index contributed by atoms with van der Waals surface area (Å²) in [6, 6.07) is 21.5. The topological polar surface area (TPSA) is 71.3 Å². The molecule has 0 spiro atoms. The fraction of sp³-hybridized carbons (Fsp3) is 0.0833. The Balaban J connectivity index is 1.80. The first-order valence-electron chi connectivity index (χ1n) is 9.23. The van der Waals surface area contributed by atoms with Gasteiger partial charge in [0, 0.05) is 5.69 Å². The summed E-state index contributed by atoms with van der Waals surface area (Å²) in [6.07, 6.45) is 1.47. The Morgan fingerprint density at radius 3 is 2.48 bits per heavy atom. The first kappa shape index (κ1) is 22.2. The molecule has 0 saturated carbocycles. The minimum atomic E-state index is -0.566. The normalized spacial score (nSPS) is 10.8. The molecule has 0 fully saturated rings. The highest BCUT2D eigenvalue weighted by Gasteiger charge is 2.12. The number of anilines is 1. The maximum Gasteiger partial charge on any atom is 0.266 e. The summed E-state index contributed by atoms with van der Waals surface area (Å²) < 4.78 is 11.2. The van der Waals surface area contributed by atoms with Crippen molar-refractivity contribution in [3.8, 4) is 17.6 Å². The molecule has 7 heteroatoms. The average molecular weight is 453 g/mol. The molecule has 3 aromatic carbocycles. The summed E-state index contributed by atoms with van der Waals surface area (Å²) in [5, 5.41) is 12.8. The van der Waals surface area contributed by atoms with Crippen molar-refractivity contribution in [1.82, 2.24) is 0 Å². The van der Waals surface area contributed by atoms with Crippen LogP contribution in [0.4, 0.5) is 5.69 Å². The van der Waals surface area contributed by atoms with Gasteiger partial charge in [0.25, 0.3) is 5.91 Å². The molecular weight excluding hydrogens is 435 g/mol. The Hall–Kier alpha value is -3.46. The largest absolute Gasteiger partial charge is 0.493 e.